The van der Waals surface area contributed by atoms with Gasteiger partial charge in [0.1, 0.15) is 0 Å². The minimum Gasteiger partial charge on any atom is -0.381 e. The van der Waals surface area contributed by atoms with Gasteiger partial charge in [-0.15, -0.1) is 0 Å². The second-order valence-corrected chi connectivity index (χ2v) is 6.28. The van der Waals surface area contributed by atoms with Crippen molar-refractivity contribution in [3.8, 4) is 17.3 Å². The van der Waals surface area contributed by atoms with E-state index in [-0.39, 0.29) is 17.4 Å². The molecule has 1 saturated heterocycles. The Kier molecular flexibility index (Phi) is 5.11. The van der Waals surface area contributed by atoms with E-state index >= 15 is 0 Å². The van der Waals surface area contributed by atoms with Crippen LogP contribution >= 0.6 is 11.6 Å². The highest BCUT2D eigenvalue weighted by Crippen LogP contribution is 2.31. The van der Waals surface area contributed by atoms with Gasteiger partial charge in [0.05, 0.1) is 22.2 Å². The van der Waals surface area contributed by atoms with Gasteiger partial charge in [-0.25, -0.2) is 14.4 Å². The first-order valence-electron chi connectivity index (χ1n) is 7.74. The molecule has 0 aromatic carbocycles. The zero-order valence-corrected chi connectivity index (χ0v) is 14.0. The fraction of sp³-hybridized carbons (Fsp3) is 0.353. The van der Waals surface area contributed by atoms with Crippen LogP contribution in [0.1, 0.15) is 12.8 Å². The lowest BCUT2D eigenvalue weighted by Crippen LogP contribution is -2.35. The van der Waals surface area contributed by atoms with Crippen molar-refractivity contribution in [3.63, 3.8) is 0 Å². The molecule has 3 heterocycles. The van der Waals surface area contributed by atoms with Gasteiger partial charge in [-0.1, -0.05) is 11.6 Å². The van der Waals surface area contributed by atoms with E-state index in [1.165, 1.54) is 18.3 Å². The van der Waals surface area contributed by atoms with E-state index < -0.39 is 17.2 Å². The molecule has 1 N–H and O–H groups in total. The third-order valence-electron chi connectivity index (χ3n) is 4.23. The summed E-state index contributed by atoms with van der Waals surface area (Å²) < 4.78 is 32.7. The van der Waals surface area contributed by atoms with Crippen molar-refractivity contribution < 1.29 is 13.5 Å². The summed E-state index contributed by atoms with van der Waals surface area (Å²) in [7, 11) is 0. The molecule has 1 fully saturated rings. The van der Waals surface area contributed by atoms with Gasteiger partial charge in [-0.2, -0.15) is 9.65 Å². The third kappa shape index (κ3) is 3.86. The molecule has 2 aromatic heterocycles. The van der Waals surface area contributed by atoms with E-state index in [9.17, 15) is 14.0 Å². The third-order valence-corrected chi connectivity index (χ3v) is 4.53. The number of aromatic nitrogens is 2. The van der Waals surface area contributed by atoms with Gasteiger partial charge in [0.25, 0.3) is 0 Å². The molecule has 0 amide bonds. The lowest BCUT2D eigenvalue weighted by Gasteiger charge is -2.30. The van der Waals surface area contributed by atoms with Crippen LogP contribution in [-0.2, 0) is 4.74 Å². The van der Waals surface area contributed by atoms with E-state index in [0.717, 1.165) is 6.07 Å². The SMILES string of the molecule is N#CC1(CNc2nc(-c3cc(F)ncc3Cl)ccc2F)CCOCC1. The van der Waals surface area contributed by atoms with Crippen LogP contribution in [0.5, 0.6) is 0 Å². The van der Waals surface area contributed by atoms with Gasteiger partial charge in [-0.3, -0.25) is 0 Å². The Morgan fingerprint density at radius 2 is 2.08 bits per heavy atom. The number of anilines is 1. The molecule has 2 aromatic rings. The smallest absolute Gasteiger partial charge is 0.213 e. The highest BCUT2D eigenvalue weighted by molar-refractivity contribution is 6.33. The summed E-state index contributed by atoms with van der Waals surface area (Å²) in [5.41, 5.74) is 0.00876. The minimum absolute atomic E-state index is 0.00750. The van der Waals surface area contributed by atoms with Crippen molar-refractivity contribution in [2.45, 2.75) is 12.8 Å². The molecule has 0 aliphatic carbocycles. The Morgan fingerprint density at radius 1 is 1.32 bits per heavy atom. The quantitative estimate of drug-likeness (QED) is 0.835. The van der Waals surface area contributed by atoms with Gasteiger partial charge < -0.3 is 10.1 Å². The number of halogens is 3. The number of nitriles is 1. The van der Waals surface area contributed by atoms with Crippen molar-refractivity contribution in [2.75, 3.05) is 25.1 Å². The molecule has 1 aliphatic rings. The number of pyridine rings is 2. The molecule has 5 nitrogen and oxygen atoms in total. The predicted molar refractivity (Wildman–Crippen MR) is 89.0 cm³/mol. The van der Waals surface area contributed by atoms with Crippen LogP contribution < -0.4 is 5.32 Å². The molecular weight excluding hydrogens is 350 g/mol. The Morgan fingerprint density at radius 3 is 2.80 bits per heavy atom. The second kappa shape index (κ2) is 7.30. The average Bonchev–Trinajstić information content (AvgIpc) is 2.64. The molecule has 3 rings (SSSR count). The van der Waals surface area contributed by atoms with Crippen LogP contribution in [0.3, 0.4) is 0 Å². The summed E-state index contributed by atoms with van der Waals surface area (Å²) in [6.07, 6.45) is 2.31. The van der Waals surface area contributed by atoms with Crippen LogP contribution in [0.15, 0.2) is 24.4 Å². The lowest BCUT2D eigenvalue weighted by atomic mass is 9.82. The van der Waals surface area contributed by atoms with Gasteiger partial charge >= 0.3 is 0 Å². The molecule has 130 valence electrons. The highest BCUT2D eigenvalue weighted by atomic mass is 35.5. The molecule has 0 unspecified atom stereocenters. The van der Waals surface area contributed by atoms with E-state index in [1.807, 2.05) is 0 Å². The maximum atomic E-state index is 14.1. The molecule has 1 aliphatic heterocycles. The number of hydrogen-bond donors (Lipinski definition) is 1. The molecule has 0 atom stereocenters. The summed E-state index contributed by atoms with van der Waals surface area (Å²) in [5, 5.41) is 12.6. The topological polar surface area (TPSA) is 70.8 Å². The van der Waals surface area contributed by atoms with Crippen LogP contribution in [0.2, 0.25) is 5.02 Å². The summed E-state index contributed by atoms with van der Waals surface area (Å²) >= 11 is 6.03. The van der Waals surface area contributed by atoms with Crippen LogP contribution in [0.25, 0.3) is 11.3 Å². The fourth-order valence-electron chi connectivity index (χ4n) is 2.67. The van der Waals surface area contributed by atoms with Gasteiger partial charge in [-0.05, 0) is 25.0 Å². The summed E-state index contributed by atoms with van der Waals surface area (Å²) in [6.45, 7) is 1.24. The predicted octanol–water partition coefficient (Wildman–Crippen LogP) is 3.81. The molecule has 0 radical (unpaired) electrons. The largest absolute Gasteiger partial charge is 0.381 e. The zero-order chi connectivity index (χ0) is 17.9. The first-order chi connectivity index (χ1) is 12.0. The summed E-state index contributed by atoms with van der Waals surface area (Å²) in [6, 6.07) is 6.08. The van der Waals surface area contributed by atoms with Gasteiger partial charge in [0, 0.05) is 37.6 Å². The zero-order valence-electron chi connectivity index (χ0n) is 13.2. The number of hydrogen-bond acceptors (Lipinski definition) is 5. The standard InChI is InChI=1S/C17H15ClF2N4O/c18-12-8-22-15(20)7-11(12)14-2-1-13(19)16(24-14)23-10-17(9-21)3-5-25-6-4-17/h1-2,7-8H,3-6,10H2,(H,23,24). The van der Waals surface area contributed by atoms with E-state index in [2.05, 4.69) is 21.4 Å². The van der Waals surface area contributed by atoms with Crippen molar-refractivity contribution in [3.05, 3.63) is 41.2 Å². The summed E-state index contributed by atoms with van der Waals surface area (Å²) in [4.78, 5) is 7.65. The van der Waals surface area contributed by atoms with Crippen molar-refractivity contribution in [1.82, 2.24) is 9.97 Å². The van der Waals surface area contributed by atoms with Gasteiger partial charge in [0.15, 0.2) is 11.6 Å². The van der Waals surface area contributed by atoms with Gasteiger partial charge in [0.2, 0.25) is 5.95 Å². The fourth-order valence-corrected chi connectivity index (χ4v) is 2.87. The number of nitrogens with one attached hydrogen (secondary N) is 1. The summed E-state index contributed by atoms with van der Waals surface area (Å²) in [5.74, 6) is -1.27. The molecular formula is C17H15ClF2N4O. The number of nitrogens with zero attached hydrogens (tertiary/aromatic N) is 3. The Balaban J connectivity index is 1.85. The van der Waals surface area contributed by atoms with E-state index in [0.29, 0.717) is 37.3 Å². The Hall–Kier alpha value is -2.30. The maximum Gasteiger partial charge on any atom is 0.213 e. The average molecular weight is 365 g/mol. The minimum atomic E-state index is -0.703. The highest BCUT2D eigenvalue weighted by Gasteiger charge is 2.32. The first kappa shape index (κ1) is 17.5. The lowest BCUT2D eigenvalue weighted by molar-refractivity contribution is 0.0455. The van der Waals surface area contributed by atoms with Crippen LogP contribution in [0, 0.1) is 28.5 Å². The van der Waals surface area contributed by atoms with Crippen LogP contribution in [-0.4, -0.2) is 29.7 Å². The van der Waals surface area contributed by atoms with E-state index in [4.69, 9.17) is 16.3 Å². The first-order valence-corrected chi connectivity index (χ1v) is 8.12. The normalized spacial score (nSPS) is 16.2. The van der Waals surface area contributed by atoms with Crippen molar-refractivity contribution in [1.29, 1.82) is 5.26 Å². The molecule has 0 saturated carbocycles. The second-order valence-electron chi connectivity index (χ2n) is 5.87. The molecule has 8 heteroatoms. The van der Waals surface area contributed by atoms with Crippen LogP contribution in [0.4, 0.5) is 14.6 Å². The van der Waals surface area contributed by atoms with E-state index in [1.54, 1.807) is 0 Å². The molecule has 0 spiro atoms. The monoisotopic (exact) mass is 364 g/mol. The number of rotatable bonds is 4. The number of ether oxygens (including phenoxy) is 1. The Bertz CT molecular complexity index is 819. The molecule has 25 heavy (non-hydrogen) atoms. The van der Waals surface area contributed by atoms with Crippen molar-refractivity contribution >= 4 is 17.4 Å². The molecule has 0 bridgehead atoms. The Labute approximate surface area is 148 Å². The van der Waals surface area contributed by atoms with Crippen molar-refractivity contribution in [2.24, 2.45) is 5.41 Å². The maximum absolute atomic E-state index is 14.1.